The lowest BCUT2D eigenvalue weighted by Crippen LogP contribution is -2.61. The third kappa shape index (κ3) is 3.10. The molecule has 0 radical (unpaired) electrons. The molecule has 112 valence electrons. The number of aryl methyl sites for hydroxylation is 1. The summed E-state index contributed by atoms with van der Waals surface area (Å²) in [6.45, 7) is 9.33. The fraction of sp³-hybridized carbons (Fsp3) is 0.765. The van der Waals surface area contributed by atoms with Crippen molar-refractivity contribution >= 4 is 11.3 Å². The summed E-state index contributed by atoms with van der Waals surface area (Å²) in [7, 11) is 0. The summed E-state index contributed by atoms with van der Waals surface area (Å²) in [6, 6.07) is 3.55. The second-order valence-electron chi connectivity index (χ2n) is 7.91. The maximum absolute atomic E-state index is 3.98. The van der Waals surface area contributed by atoms with E-state index in [9.17, 15) is 0 Å². The first kappa shape index (κ1) is 14.6. The van der Waals surface area contributed by atoms with Crippen molar-refractivity contribution in [3.05, 3.63) is 21.9 Å². The van der Waals surface area contributed by atoms with Crippen molar-refractivity contribution in [2.45, 2.75) is 83.0 Å². The van der Waals surface area contributed by atoms with E-state index >= 15 is 0 Å². The summed E-state index contributed by atoms with van der Waals surface area (Å²) in [5.41, 5.74) is 2.03. The van der Waals surface area contributed by atoms with Crippen LogP contribution < -0.4 is 10.6 Å². The van der Waals surface area contributed by atoms with Crippen molar-refractivity contribution in [1.82, 2.24) is 10.6 Å². The highest BCUT2D eigenvalue weighted by atomic mass is 32.1. The molecular formula is C17H28N2S. The SMILES string of the molecule is CC1(C)CC(NC2CCCc3sccc32)CC(C)(C)N1. The molecular weight excluding hydrogens is 264 g/mol. The fourth-order valence-electron chi connectivity index (χ4n) is 4.38. The van der Waals surface area contributed by atoms with Gasteiger partial charge in [-0.15, -0.1) is 11.3 Å². The summed E-state index contributed by atoms with van der Waals surface area (Å²) < 4.78 is 0. The van der Waals surface area contributed by atoms with Crippen LogP contribution in [-0.2, 0) is 6.42 Å². The maximum atomic E-state index is 3.98. The molecule has 0 amide bonds. The first-order chi connectivity index (χ1) is 9.35. The number of fused-ring (bicyclic) bond motifs is 1. The van der Waals surface area contributed by atoms with Gasteiger partial charge in [-0.2, -0.15) is 0 Å². The number of thiophene rings is 1. The summed E-state index contributed by atoms with van der Waals surface area (Å²) in [4.78, 5) is 1.61. The predicted octanol–water partition coefficient (Wildman–Crippen LogP) is 4.02. The Bertz CT molecular complexity index is 459. The summed E-state index contributed by atoms with van der Waals surface area (Å²) in [5.74, 6) is 0. The molecule has 2 aliphatic rings. The standard InChI is InChI=1S/C17H28N2S/c1-16(2)10-12(11-17(3,4)19-16)18-14-6-5-7-15-13(14)8-9-20-15/h8-9,12,14,18-19H,5-7,10-11H2,1-4H3. The number of hydrogen-bond donors (Lipinski definition) is 2. The lowest BCUT2D eigenvalue weighted by molar-refractivity contribution is 0.137. The van der Waals surface area contributed by atoms with Crippen LogP contribution in [0.3, 0.4) is 0 Å². The Labute approximate surface area is 127 Å². The molecule has 0 bridgehead atoms. The van der Waals surface area contributed by atoms with Crippen LogP contribution in [0.4, 0.5) is 0 Å². The summed E-state index contributed by atoms with van der Waals surface area (Å²) >= 11 is 1.94. The van der Waals surface area contributed by atoms with E-state index in [0.29, 0.717) is 12.1 Å². The molecule has 2 heterocycles. The van der Waals surface area contributed by atoms with Gasteiger partial charge in [0.1, 0.15) is 0 Å². The lowest BCUT2D eigenvalue weighted by atomic mass is 9.79. The molecule has 2 nitrogen and oxygen atoms in total. The Balaban J connectivity index is 1.73. The highest BCUT2D eigenvalue weighted by molar-refractivity contribution is 7.10. The van der Waals surface area contributed by atoms with Gasteiger partial charge in [-0.1, -0.05) is 0 Å². The minimum absolute atomic E-state index is 0.228. The Hall–Kier alpha value is -0.380. The molecule has 3 heteroatoms. The Morgan fingerprint density at radius 1 is 1.20 bits per heavy atom. The van der Waals surface area contributed by atoms with E-state index in [0.717, 1.165) is 0 Å². The molecule has 0 spiro atoms. The molecule has 1 fully saturated rings. The summed E-state index contributed by atoms with van der Waals surface area (Å²) in [5, 5.41) is 10.0. The molecule has 1 aromatic heterocycles. The number of piperidine rings is 1. The highest BCUT2D eigenvalue weighted by Gasteiger charge is 2.38. The molecule has 1 saturated heterocycles. The van der Waals surface area contributed by atoms with E-state index in [2.05, 4.69) is 49.8 Å². The normalized spacial score (nSPS) is 29.1. The second kappa shape index (κ2) is 5.11. The van der Waals surface area contributed by atoms with E-state index in [-0.39, 0.29) is 11.1 Å². The zero-order chi connectivity index (χ0) is 14.4. The summed E-state index contributed by atoms with van der Waals surface area (Å²) in [6.07, 6.45) is 6.35. The van der Waals surface area contributed by atoms with Gasteiger partial charge in [-0.05, 0) is 76.8 Å². The zero-order valence-electron chi connectivity index (χ0n) is 13.3. The van der Waals surface area contributed by atoms with E-state index in [4.69, 9.17) is 0 Å². The van der Waals surface area contributed by atoms with Crippen molar-refractivity contribution in [3.63, 3.8) is 0 Å². The van der Waals surface area contributed by atoms with E-state index < -0.39 is 0 Å². The van der Waals surface area contributed by atoms with Crippen LogP contribution in [-0.4, -0.2) is 17.1 Å². The van der Waals surface area contributed by atoms with Crippen LogP contribution in [0, 0.1) is 0 Å². The Morgan fingerprint density at radius 3 is 2.60 bits per heavy atom. The maximum Gasteiger partial charge on any atom is 0.0333 e. The van der Waals surface area contributed by atoms with Crippen molar-refractivity contribution < 1.29 is 0 Å². The van der Waals surface area contributed by atoms with Crippen LogP contribution in [0.5, 0.6) is 0 Å². The molecule has 1 unspecified atom stereocenters. The number of nitrogens with one attached hydrogen (secondary N) is 2. The van der Waals surface area contributed by atoms with Gasteiger partial charge in [0.2, 0.25) is 0 Å². The second-order valence-corrected chi connectivity index (χ2v) is 8.91. The number of hydrogen-bond acceptors (Lipinski definition) is 3. The molecule has 3 rings (SSSR count). The van der Waals surface area contributed by atoms with Crippen molar-refractivity contribution in [3.8, 4) is 0 Å². The zero-order valence-corrected chi connectivity index (χ0v) is 14.1. The van der Waals surface area contributed by atoms with Crippen molar-refractivity contribution in [2.75, 3.05) is 0 Å². The largest absolute Gasteiger partial charge is 0.307 e. The molecule has 0 aromatic carbocycles. The molecule has 1 aromatic rings. The van der Waals surface area contributed by atoms with Gasteiger partial charge in [0.15, 0.2) is 0 Å². The minimum Gasteiger partial charge on any atom is -0.307 e. The Morgan fingerprint density at radius 2 is 1.90 bits per heavy atom. The third-order valence-corrected chi connectivity index (χ3v) is 5.68. The number of rotatable bonds is 2. The molecule has 20 heavy (non-hydrogen) atoms. The Kier molecular flexibility index (Phi) is 3.72. The average Bonchev–Trinajstić information content (AvgIpc) is 2.73. The van der Waals surface area contributed by atoms with Crippen molar-refractivity contribution in [2.24, 2.45) is 0 Å². The average molecular weight is 292 g/mol. The van der Waals surface area contributed by atoms with E-state index in [1.54, 1.807) is 10.4 Å². The smallest absolute Gasteiger partial charge is 0.0333 e. The first-order valence-corrected chi connectivity index (χ1v) is 8.84. The molecule has 0 saturated carbocycles. The van der Waals surface area contributed by atoms with Gasteiger partial charge >= 0.3 is 0 Å². The minimum atomic E-state index is 0.228. The van der Waals surface area contributed by atoms with E-state index in [1.165, 1.54) is 32.1 Å². The molecule has 1 aliphatic heterocycles. The third-order valence-electron chi connectivity index (χ3n) is 4.68. The predicted molar refractivity (Wildman–Crippen MR) is 87.4 cm³/mol. The highest BCUT2D eigenvalue weighted by Crippen LogP contribution is 2.36. The fourth-order valence-corrected chi connectivity index (χ4v) is 5.37. The van der Waals surface area contributed by atoms with Gasteiger partial charge in [-0.3, -0.25) is 0 Å². The van der Waals surface area contributed by atoms with E-state index in [1.807, 2.05) is 11.3 Å². The van der Waals surface area contributed by atoms with Crippen LogP contribution in [0.15, 0.2) is 11.4 Å². The molecule has 1 atom stereocenters. The van der Waals surface area contributed by atoms with Crippen LogP contribution >= 0.6 is 11.3 Å². The van der Waals surface area contributed by atoms with Gasteiger partial charge in [0.25, 0.3) is 0 Å². The topological polar surface area (TPSA) is 24.1 Å². The van der Waals surface area contributed by atoms with Gasteiger partial charge < -0.3 is 10.6 Å². The van der Waals surface area contributed by atoms with Crippen molar-refractivity contribution in [1.29, 1.82) is 0 Å². The lowest BCUT2D eigenvalue weighted by Gasteiger charge is -2.47. The quantitative estimate of drug-likeness (QED) is 0.860. The van der Waals surface area contributed by atoms with Crippen LogP contribution in [0.2, 0.25) is 0 Å². The first-order valence-electron chi connectivity index (χ1n) is 7.96. The monoisotopic (exact) mass is 292 g/mol. The van der Waals surface area contributed by atoms with Crippen LogP contribution in [0.25, 0.3) is 0 Å². The van der Waals surface area contributed by atoms with Gasteiger partial charge in [-0.25, -0.2) is 0 Å². The van der Waals surface area contributed by atoms with Crippen LogP contribution in [0.1, 0.15) is 69.9 Å². The molecule has 2 N–H and O–H groups in total. The van der Waals surface area contributed by atoms with Gasteiger partial charge in [0.05, 0.1) is 0 Å². The van der Waals surface area contributed by atoms with Gasteiger partial charge in [0, 0.05) is 28.0 Å². The molecule has 1 aliphatic carbocycles.